The van der Waals surface area contributed by atoms with Crippen molar-refractivity contribution in [1.29, 1.82) is 0 Å². The second kappa shape index (κ2) is 5.40. The molecule has 0 fully saturated rings. The summed E-state index contributed by atoms with van der Waals surface area (Å²) in [6, 6.07) is 5.53. The highest BCUT2D eigenvalue weighted by atomic mass is 16.2. The average Bonchev–Trinajstić information content (AvgIpc) is 2.66. The Balaban J connectivity index is 2.14. The molecule has 0 saturated heterocycles. The number of nitrogens with two attached hydrogens (primary N) is 1. The lowest BCUT2D eigenvalue weighted by Crippen LogP contribution is -2.28. The molecule has 0 aromatic heterocycles. The minimum absolute atomic E-state index is 0.0670. The zero-order valence-corrected chi connectivity index (χ0v) is 11.3. The Morgan fingerprint density at radius 2 is 2.26 bits per heavy atom. The molecule has 0 radical (unpaired) electrons. The molecule has 0 bridgehead atoms. The molecule has 1 aromatic rings. The van der Waals surface area contributed by atoms with Crippen LogP contribution in [0.1, 0.15) is 18.9 Å². The van der Waals surface area contributed by atoms with E-state index >= 15 is 0 Å². The highest BCUT2D eigenvalue weighted by molar-refractivity contribution is 6.02. The van der Waals surface area contributed by atoms with Gasteiger partial charge in [-0.15, -0.1) is 0 Å². The van der Waals surface area contributed by atoms with Crippen LogP contribution in [0, 0.1) is 5.92 Å². The van der Waals surface area contributed by atoms with E-state index in [0.717, 1.165) is 16.9 Å². The van der Waals surface area contributed by atoms with Crippen LogP contribution in [-0.4, -0.2) is 25.4 Å². The van der Waals surface area contributed by atoms with Crippen molar-refractivity contribution in [2.24, 2.45) is 11.7 Å². The van der Waals surface area contributed by atoms with Gasteiger partial charge in [-0.25, -0.2) is 0 Å². The second-order valence-electron chi connectivity index (χ2n) is 4.80. The topological polar surface area (TPSA) is 75.4 Å². The molecule has 1 aliphatic heterocycles. The van der Waals surface area contributed by atoms with Crippen molar-refractivity contribution in [3.63, 3.8) is 0 Å². The fourth-order valence-corrected chi connectivity index (χ4v) is 2.25. The van der Waals surface area contributed by atoms with Gasteiger partial charge in [0.05, 0.1) is 12.3 Å². The number of carbonyl (C=O) groups is 2. The normalized spacial score (nSPS) is 15.3. The first-order chi connectivity index (χ1) is 9.06. The maximum Gasteiger partial charge on any atom is 0.231 e. The number of hydrogen-bond donors (Lipinski definition) is 2. The third-order valence-electron chi connectivity index (χ3n) is 3.57. The second-order valence-corrected chi connectivity index (χ2v) is 4.80. The maximum atomic E-state index is 11.9. The van der Waals surface area contributed by atoms with Crippen molar-refractivity contribution in [3.05, 3.63) is 23.8 Å². The minimum atomic E-state index is -0.169. The van der Waals surface area contributed by atoms with Gasteiger partial charge in [-0.2, -0.15) is 0 Å². The van der Waals surface area contributed by atoms with Gasteiger partial charge in [-0.1, -0.05) is 6.92 Å². The summed E-state index contributed by atoms with van der Waals surface area (Å²) in [6.45, 7) is 2.28. The van der Waals surface area contributed by atoms with E-state index in [9.17, 15) is 9.59 Å². The third kappa shape index (κ3) is 2.61. The van der Waals surface area contributed by atoms with Crippen LogP contribution in [-0.2, 0) is 16.0 Å². The quantitative estimate of drug-likeness (QED) is 0.853. The van der Waals surface area contributed by atoms with Gasteiger partial charge >= 0.3 is 0 Å². The highest BCUT2D eigenvalue weighted by Crippen LogP contribution is 2.30. The Labute approximate surface area is 112 Å². The minimum Gasteiger partial charge on any atom is -0.330 e. The standard InChI is InChI=1S/C14H19N3O2/c1-3-9(8-15)14(19)16-11-4-5-12-10(6-11)7-13(18)17(12)2/h4-6,9H,3,7-8,15H2,1-2H3,(H,16,19). The molecule has 102 valence electrons. The van der Waals surface area contributed by atoms with Crippen molar-refractivity contribution in [1.82, 2.24) is 0 Å². The summed E-state index contributed by atoms with van der Waals surface area (Å²) in [5.41, 5.74) is 8.13. The predicted octanol–water partition coefficient (Wildman–Crippen LogP) is 1.13. The van der Waals surface area contributed by atoms with Crippen molar-refractivity contribution < 1.29 is 9.59 Å². The number of nitrogens with zero attached hydrogens (tertiary/aromatic N) is 1. The molecular formula is C14H19N3O2. The number of nitrogens with one attached hydrogen (secondary N) is 1. The Kier molecular flexibility index (Phi) is 3.85. The van der Waals surface area contributed by atoms with Crippen LogP contribution >= 0.6 is 0 Å². The molecule has 5 nitrogen and oxygen atoms in total. The number of carbonyl (C=O) groups excluding carboxylic acids is 2. The van der Waals surface area contributed by atoms with Crippen molar-refractivity contribution in [2.45, 2.75) is 19.8 Å². The summed E-state index contributed by atoms with van der Waals surface area (Å²) >= 11 is 0. The van der Waals surface area contributed by atoms with Crippen LogP contribution in [0.3, 0.4) is 0 Å². The molecule has 0 aliphatic carbocycles. The molecule has 1 unspecified atom stereocenters. The fourth-order valence-electron chi connectivity index (χ4n) is 2.25. The zero-order valence-electron chi connectivity index (χ0n) is 11.3. The number of amides is 2. The van der Waals surface area contributed by atoms with Crippen molar-refractivity contribution >= 4 is 23.2 Å². The van der Waals surface area contributed by atoms with Gasteiger partial charge in [0.25, 0.3) is 0 Å². The average molecular weight is 261 g/mol. The monoisotopic (exact) mass is 261 g/mol. The molecule has 1 aromatic carbocycles. The SMILES string of the molecule is CCC(CN)C(=O)Nc1ccc2c(c1)CC(=O)N2C. The van der Waals surface area contributed by atoms with Crippen LogP contribution in [0.5, 0.6) is 0 Å². The number of benzene rings is 1. The van der Waals surface area contributed by atoms with E-state index in [1.54, 1.807) is 11.9 Å². The van der Waals surface area contributed by atoms with Crippen LogP contribution in [0.15, 0.2) is 18.2 Å². The lowest BCUT2D eigenvalue weighted by molar-refractivity contribution is -0.119. The lowest BCUT2D eigenvalue weighted by Gasteiger charge is -2.14. The number of anilines is 2. The Morgan fingerprint density at radius 3 is 2.89 bits per heavy atom. The molecule has 2 rings (SSSR count). The van der Waals surface area contributed by atoms with Gasteiger partial charge in [-0.05, 0) is 30.2 Å². The molecule has 1 aliphatic rings. The summed E-state index contributed by atoms with van der Waals surface area (Å²) in [7, 11) is 1.76. The number of rotatable bonds is 4. The predicted molar refractivity (Wildman–Crippen MR) is 75.0 cm³/mol. The Morgan fingerprint density at radius 1 is 1.53 bits per heavy atom. The van der Waals surface area contributed by atoms with E-state index in [0.29, 0.717) is 19.4 Å². The smallest absolute Gasteiger partial charge is 0.231 e. The van der Waals surface area contributed by atoms with Crippen LogP contribution in [0.4, 0.5) is 11.4 Å². The van der Waals surface area contributed by atoms with Gasteiger partial charge in [-0.3, -0.25) is 9.59 Å². The Bertz CT molecular complexity index is 509. The summed E-state index contributed by atoms with van der Waals surface area (Å²) < 4.78 is 0. The fraction of sp³-hybridized carbons (Fsp3) is 0.429. The van der Waals surface area contributed by atoms with E-state index in [2.05, 4.69) is 5.32 Å². The van der Waals surface area contributed by atoms with Gasteiger partial charge in [0.2, 0.25) is 11.8 Å². The molecule has 1 atom stereocenters. The zero-order chi connectivity index (χ0) is 14.0. The van der Waals surface area contributed by atoms with E-state index < -0.39 is 0 Å². The molecule has 0 spiro atoms. The highest BCUT2D eigenvalue weighted by Gasteiger charge is 2.24. The Hall–Kier alpha value is -1.88. The van der Waals surface area contributed by atoms with E-state index in [1.165, 1.54) is 0 Å². The van der Waals surface area contributed by atoms with Crippen LogP contribution < -0.4 is 16.0 Å². The van der Waals surface area contributed by atoms with Crippen molar-refractivity contribution in [2.75, 3.05) is 23.8 Å². The molecule has 5 heteroatoms. The third-order valence-corrected chi connectivity index (χ3v) is 3.57. The number of likely N-dealkylation sites (N-methyl/N-ethyl adjacent to an activating group) is 1. The number of hydrogen-bond acceptors (Lipinski definition) is 3. The first-order valence-electron chi connectivity index (χ1n) is 6.47. The molecule has 19 heavy (non-hydrogen) atoms. The molecule has 0 saturated carbocycles. The first kappa shape index (κ1) is 13.5. The van der Waals surface area contributed by atoms with Crippen LogP contribution in [0.2, 0.25) is 0 Å². The summed E-state index contributed by atoms with van der Waals surface area (Å²) in [6.07, 6.45) is 1.11. The number of fused-ring (bicyclic) bond motifs is 1. The maximum absolute atomic E-state index is 11.9. The van der Waals surface area contributed by atoms with E-state index in [1.807, 2.05) is 25.1 Å². The molecule has 2 amide bonds. The first-order valence-corrected chi connectivity index (χ1v) is 6.47. The lowest BCUT2D eigenvalue weighted by atomic mass is 10.1. The van der Waals surface area contributed by atoms with Gasteiger partial charge in [0.1, 0.15) is 0 Å². The van der Waals surface area contributed by atoms with Gasteiger partial charge < -0.3 is 16.0 Å². The summed E-state index contributed by atoms with van der Waals surface area (Å²) in [5, 5.41) is 2.85. The van der Waals surface area contributed by atoms with E-state index in [4.69, 9.17) is 5.73 Å². The summed E-state index contributed by atoms with van der Waals surface area (Å²) in [4.78, 5) is 25.2. The molecule has 1 heterocycles. The van der Waals surface area contributed by atoms with Crippen LogP contribution in [0.25, 0.3) is 0 Å². The van der Waals surface area contributed by atoms with Crippen molar-refractivity contribution in [3.8, 4) is 0 Å². The largest absolute Gasteiger partial charge is 0.330 e. The summed E-state index contributed by atoms with van der Waals surface area (Å²) in [5.74, 6) is -0.160. The van der Waals surface area contributed by atoms with E-state index in [-0.39, 0.29) is 17.7 Å². The molecule has 3 N–H and O–H groups in total. The molecular weight excluding hydrogens is 242 g/mol. The van der Waals surface area contributed by atoms with Gasteiger partial charge in [0, 0.05) is 25.0 Å². The van der Waals surface area contributed by atoms with Gasteiger partial charge in [0.15, 0.2) is 0 Å².